The number of aliphatic imine (C=N–C) groups is 1. The van der Waals surface area contributed by atoms with Crippen LogP contribution in [0, 0.1) is 5.82 Å². The molecule has 1 saturated carbocycles. The van der Waals surface area contributed by atoms with Crippen LogP contribution in [0.15, 0.2) is 23.2 Å². The number of likely N-dealkylation sites (N-methyl/N-ethyl adjacent to an activating group) is 1. The molecule has 5 nitrogen and oxygen atoms in total. The number of nitrogens with one attached hydrogen (secondary N) is 2. The predicted octanol–water partition coefficient (Wildman–Crippen LogP) is 2.80. The van der Waals surface area contributed by atoms with Gasteiger partial charge in [-0.15, -0.1) is 24.0 Å². The Bertz CT molecular complexity index is 598. The van der Waals surface area contributed by atoms with Gasteiger partial charge >= 0.3 is 0 Å². The van der Waals surface area contributed by atoms with Crippen molar-refractivity contribution in [1.29, 1.82) is 0 Å². The standard InChI is InChI=1S/C19H30FN5.HI/c1-3-21-19(23-16-6-7-16)22-14-15-5-8-18(17(20)13-15)25-11-9-24(4-2)10-12-25;/h5,8,13,16H,3-4,6-7,9-12,14H2,1-2H3,(H2,21,22,23);1H. The molecule has 0 spiro atoms. The average molecular weight is 475 g/mol. The zero-order valence-electron chi connectivity index (χ0n) is 15.8. The Labute approximate surface area is 173 Å². The second kappa shape index (κ2) is 10.3. The fourth-order valence-electron chi connectivity index (χ4n) is 3.12. The number of guanidine groups is 1. The van der Waals surface area contributed by atoms with E-state index in [1.165, 1.54) is 12.8 Å². The Hall–Kier alpha value is -1.09. The van der Waals surface area contributed by atoms with Crippen LogP contribution in [0.25, 0.3) is 0 Å². The summed E-state index contributed by atoms with van der Waals surface area (Å²) in [5, 5.41) is 6.63. The third-order valence-corrected chi connectivity index (χ3v) is 4.85. The van der Waals surface area contributed by atoms with Crippen LogP contribution in [0.4, 0.5) is 10.1 Å². The lowest BCUT2D eigenvalue weighted by Crippen LogP contribution is -2.46. The molecule has 0 aromatic heterocycles. The smallest absolute Gasteiger partial charge is 0.191 e. The highest BCUT2D eigenvalue weighted by molar-refractivity contribution is 14.0. The molecule has 0 atom stereocenters. The van der Waals surface area contributed by atoms with Gasteiger partial charge in [-0.1, -0.05) is 13.0 Å². The van der Waals surface area contributed by atoms with E-state index in [-0.39, 0.29) is 29.8 Å². The van der Waals surface area contributed by atoms with Gasteiger partial charge in [0.1, 0.15) is 5.82 Å². The van der Waals surface area contributed by atoms with Crippen LogP contribution in [-0.4, -0.2) is 56.2 Å². The van der Waals surface area contributed by atoms with Crippen molar-refractivity contribution in [3.8, 4) is 0 Å². The molecule has 0 unspecified atom stereocenters. The number of nitrogens with zero attached hydrogens (tertiary/aromatic N) is 3. The maximum absolute atomic E-state index is 14.6. The fraction of sp³-hybridized carbons (Fsp3) is 0.632. The van der Waals surface area contributed by atoms with Crippen molar-refractivity contribution < 1.29 is 4.39 Å². The van der Waals surface area contributed by atoms with E-state index in [0.717, 1.165) is 50.8 Å². The van der Waals surface area contributed by atoms with Gasteiger partial charge in [-0.2, -0.15) is 0 Å². The van der Waals surface area contributed by atoms with Crippen LogP contribution in [0.3, 0.4) is 0 Å². The predicted molar refractivity (Wildman–Crippen MR) is 117 cm³/mol. The van der Waals surface area contributed by atoms with Gasteiger partial charge in [-0.25, -0.2) is 9.38 Å². The zero-order valence-corrected chi connectivity index (χ0v) is 18.1. The van der Waals surface area contributed by atoms with Gasteiger partial charge < -0.3 is 20.4 Å². The van der Waals surface area contributed by atoms with Gasteiger partial charge in [0.15, 0.2) is 5.96 Å². The summed E-state index contributed by atoms with van der Waals surface area (Å²) in [6.45, 7) is 10.4. The van der Waals surface area contributed by atoms with E-state index in [9.17, 15) is 4.39 Å². The van der Waals surface area contributed by atoms with Gasteiger partial charge in [0, 0.05) is 38.8 Å². The SMILES string of the molecule is CCNC(=NCc1ccc(N2CCN(CC)CC2)c(F)c1)NC1CC1.I. The van der Waals surface area contributed by atoms with Crippen LogP contribution in [-0.2, 0) is 6.54 Å². The summed E-state index contributed by atoms with van der Waals surface area (Å²) in [5.74, 6) is 0.683. The highest BCUT2D eigenvalue weighted by Crippen LogP contribution is 2.22. The topological polar surface area (TPSA) is 42.9 Å². The monoisotopic (exact) mass is 475 g/mol. The third kappa shape index (κ3) is 5.97. The summed E-state index contributed by atoms with van der Waals surface area (Å²) < 4.78 is 14.6. The highest BCUT2D eigenvalue weighted by atomic mass is 127. The molecule has 1 aromatic carbocycles. The average Bonchev–Trinajstić information content (AvgIpc) is 3.44. The second-order valence-electron chi connectivity index (χ2n) is 6.82. The lowest BCUT2D eigenvalue weighted by Gasteiger charge is -2.35. The van der Waals surface area contributed by atoms with Crippen molar-refractivity contribution in [2.75, 3.05) is 44.2 Å². The quantitative estimate of drug-likeness (QED) is 0.378. The molecule has 1 aliphatic carbocycles. The lowest BCUT2D eigenvalue weighted by atomic mass is 10.1. The minimum atomic E-state index is -0.141. The van der Waals surface area contributed by atoms with E-state index in [1.807, 2.05) is 12.1 Å². The summed E-state index contributed by atoms with van der Waals surface area (Å²) in [4.78, 5) is 9.12. The maximum Gasteiger partial charge on any atom is 0.191 e. The van der Waals surface area contributed by atoms with E-state index in [1.54, 1.807) is 6.07 Å². The van der Waals surface area contributed by atoms with Gasteiger partial charge in [-0.3, -0.25) is 0 Å². The molecule has 1 aliphatic heterocycles. The van der Waals surface area contributed by atoms with E-state index in [2.05, 4.69) is 39.3 Å². The number of rotatable bonds is 6. The van der Waals surface area contributed by atoms with Crippen molar-refractivity contribution in [1.82, 2.24) is 15.5 Å². The Kier molecular flexibility index (Phi) is 8.40. The first kappa shape index (κ1) is 21.2. The highest BCUT2D eigenvalue weighted by Gasteiger charge is 2.22. The van der Waals surface area contributed by atoms with Crippen LogP contribution in [0.1, 0.15) is 32.3 Å². The normalized spacial score (nSPS) is 18.4. The molecule has 1 aromatic rings. The third-order valence-electron chi connectivity index (χ3n) is 4.85. The summed E-state index contributed by atoms with van der Waals surface area (Å²) in [6.07, 6.45) is 2.41. The number of piperazine rings is 1. The van der Waals surface area contributed by atoms with Crippen LogP contribution in [0.2, 0.25) is 0 Å². The van der Waals surface area contributed by atoms with Crippen LogP contribution >= 0.6 is 24.0 Å². The van der Waals surface area contributed by atoms with Gasteiger partial charge in [0.25, 0.3) is 0 Å². The molecule has 1 heterocycles. The number of halogens is 2. The Balaban J connectivity index is 0.00000243. The second-order valence-corrected chi connectivity index (χ2v) is 6.82. The summed E-state index contributed by atoms with van der Waals surface area (Å²) >= 11 is 0. The Morgan fingerprint density at radius 2 is 1.92 bits per heavy atom. The zero-order chi connectivity index (χ0) is 17.6. The van der Waals surface area contributed by atoms with Crippen molar-refractivity contribution in [2.45, 2.75) is 39.3 Å². The molecule has 2 N–H and O–H groups in total. The molecular formula is C19H31FIN5. The van der Waals surface area contributed by atoms with Crippen molar-refractivity contribution >= 4 is 35.6 Å². The molecule has 2 aliphatic rings. The van der Waals surface area contributed by atoms with Gasteiger partial charge in [-0.05, 0) is 44.0 Å². The van der Waals surface area contributed by atoms with Crippen molar-refractivity contribution in [3.63, 3.8) is 0 Å². The maximum atomic E-state index is 14.6. The largest absolute Gasteiger partial charge is 0.367 e. The van der Waals surface area contributed by atoms with Gasteiger partial charge in [0.2, 0.25) is 0 Å². The Morgan fingerprint density at radius 1 is 1.19 bits per heavy atom. The first-order valence-corrected chi connectivity index (χ1v) is 9.50. The van der Waals surface area contributed by atoms with Crippen LogP contribution < -0.4 is 15.5 Å². The van der Waals surface area contributed by atoms with Gasteiger partial charge in [0.05, 0.1) is 12.2 Å². The molecule has 7 heteroatoms. The Morgan fingerprint density at radius 3 is 2.50 bits per heavy atom. The molecule has 3 rings (SSSR count). The van der Waals surface area contributed by atoms with E-state index in [0.29, 0.717) is 18.3 Å². The number of benzene rings is 1. The van der Waals surface area contributed by atoms with Crippen molar-refractivity contribution in [2.24, 2.45) is 4.99 Å². The minimum Gasteiger partial charge on any atom is -0.367 e. The van der Waals surface area contributed by atoms with E-state index < -0.39 is 0 Å². The molecule has 0 radical (unpaired) electrons. The molecular weight excluding hydrogens is 444 g/mol. The first-order valence-electron chi connectivity index (χ1n) is 9.50. The molecule has 2 fully saturated rings. The molecule has 146 valence electrons. The molecule has 26 heavy (non-hydrogen) atoms. The number of anilines is 1. The first-order chi connectivity index (χ1) is 12.2. The number of hydrogen-bond donors (Lipinski definition) is 2. The lowest BCUT2D eigenvalue weighted by molar-refractivity contribution is 0.270. The van der Waals surface area contributed by atoms with E-state index >= 15 is 0 Å². The fourth-order valence-corrected chi connectivity index (χ4v) is 3.12. The molecule has 0 bridgehead atoms. The summed E-state index contributed by atoms with van der Waals surface area (Å²) in [6, 6.07) is 6.09. The minimum absolute atomic E-state index is 0. The van der Waals surface area contributed by atoms with Crippen molar-refractivity contribution in [3.05, 3.63) is 29.6 Å². The van der Waals surface area contributed by atoms with E-state index in [4.69, 9.17) is 0 Å². The molecule has 1 saturated heterocycles. The number of hydrogen-bond acceptors (Lipinski definition) is 3. The molecule has 0 amide bonds. The van der Waals surface area contributed by atoms with Crippen LogP contribution in [0.5, 0.6) is 0 Å². The summed E-state index contributed by atoms with van der Waals surface area (Å²) in [5.41, 5.74) is 1.62. The summed E-state index contributed by atoms with van der Waals surface area (Å²) in [7, 11) is 0.